The second-order valence-electron chi connectivity index (χ2n) is 8.27. The number of benzene rings is 1. The monoisotopic (exact) mass is 395 g/mol. The molecule has 2 aliphatic rings. The molecule has 0 spiro atoms. The van der Waals surface area contributed by atoms with Crippen molar-refractivity contribution in [2.75, 3.05) is 6.54 Å². The van der Waals surface area contributed by atoms with Crippen LogP contribution >= 0.6 is 0 Å². The first-order chi connectivity index (χ1) is 14.1. The van der Waals surface area contributed by atoms with Crippen LogP contribution in [0.1, 0.15) is 74.2 Å². The zero-order valence-electron chi connectivity index (χ0n) is 16.9. The predicted octanol–water partition coefficient (Wildman–Crippen LogP) is 3.60. The fourth-order valence-corrected chi connectivity index (χ4v) is 4.07. The molecule has 1 aromatic carbocycles. The molecule has 2 N–H and O–H groups in total. The summed E-state index contributed by atoms with van der Waals surface area (Å²) in [6, 6.07) is 9.78. The van der Waals surface area contributed by atoms with Gasteiger partial charge in [0.1, 0.15) is 5.82 Å². The molecule has 29 heavy (non-hydrogen) atoms. The summed E-state index contributed by atoms with van der Waals surface area (Å²) in [5.41, 5.74) is 0.903. The lowest BCUT2D eigenvalue weighted by Gasteiger charge is -2.29. The summed E-state index contributed by atoms with van der Waals surface area (Å²) in [4.78, 5) is 25.0. The van der Waals surface area contributed by atoms with Crippen molar-refractivity contribution >= 4 is 11.8 Å². The van der Waals surface area contributed by atoms with Crippen LogP contribution in [-0.4, -0.2) is 39.2 Å². The van der Waals surface area contributed by atoms with Crippen LogP contribution in [0.25, 0.3) is 5.69 Å². The maximum atomic E-state index is 12.8. The number of amides is 2. The number of Topliss-reactive ketones (excluding diaryl/α,β-unsaturated/α-hetero) is 1. The van der Waals surface area contributed by atoms with Gasteiger partial charge in [-0.15, -0.1) is 10.2 Å². The minimum absolute atomic E-state index is 0.111. The first kappa shape index (κ1) is 19.6. The van der Waals surface area contributed by atoms with Crippen molar-refractivity contribution < 1.29 is 9.59 Å². The molecule has 2 fully saturated rings. The third kappa shape index (κ3) is 4.66. The fraction of sp³-hybridized carbons (Fsp3) is 0.545. The molecule has 4 rings (SSSR count). The van der Waals surface area contributed by atoms with E-state index in [4.69, 9.17) is 0 Å². The smallest absolute Gasteiger partial charge is 0.315 e. The first-order valence-electron chi connectivity index (χ1n) is 10.7. The van der Waals surface area contributed by atoms with Gasteiger partial charge in [0.15, 0.2) is 0 Å². The summed E-state index contributed by atoms with van der Waals surface area (Å²) in [7, 11) is 0. The second kappa shape index (κ2) is 8.76. The predicted molar refractivity (Wildman–Crippen MR) is 110 cm³/mol. The van der Waals surface area contributed by atoms with Crippen molar-refractivity contribution in [3.63, 3.8) is 0 Å². The van der Waals surface area contributed by atoms with Crippen molar-refractivity contribution in [3.05, 3.63) is 42.0 Å². The number of carbonyl (C=O) groups excluding carboxylic acids is 2. The van der Waals surface area contributed by atoms with Gasteiger partial charge in [-0.1, -0.05) is 38.0 Å². The normalized spacial score (nSPS) is 21.6. The molecule has 1 heterocycles. The lowest BCUT2D eigenvalue weighted by Crippen LogP contribution is -2.46. The average Bonchev–Trinajstić information content (AvgIpc) is 3.48. The van der Waals surface area contributed by atoms with Crippen LogP contribution in [0.2, 0.25) is 0 Å². The SMILES string of the molecule is CC1CCCCC1NC(=O)NCCC(=O)c1nnc(C2CC2)n1-c1ccccc1. The van der Waals surface area contributed by atoms with Crippen LogP contribution in [0.4, 0.5) is 4.79 Å². The summed E-state index contributed by atoms with van der Waals surface area (Å²) in [6.45, 7) is 2.47. The maximum absolute atomic E-state index is 12.8. The maximum Gasteiger partial charge on any atom is 0.315 e. The van der Waals surface area contributed by atoms with Crippen molar-refractivity contribution in [2.24, 2.45) is 5.92 Å². The van der Waals surface area contributed by atoms with Crippen molar-refractivity contribution in [3.8, 4) is 5.69 Å². The van der Waals surface area contributed by atoms with Crippen LogP contribution in [0.15, 0.2) is 30.3 Å². The highest BCUT2D eigenvalue weighted by atomic mass is 16.2. The first-order valence-corrected chi connectivity index (χ1v) is 10.7. The van der Waals surface area contributed by atoms with Gasteiger partial charge in [-0.05, 0) is 43.7 Å². The van der Waals surface area contributed by atoms with E-state index in [1.807, 2.05) is 34.9 Å². The van der Waals surface area contributed by atoms with Gasteiger partial charge in [-0.25, -0.2) is 4.79 Å². The summed E-state index contributed by atoms with van der Waals surface area (Å²) in [5.74, 6) is 1.98. The highest BCUT2D eigenvalue weighted by molar-refractivity contribution is 5.93. The van der Waals surface area contributed by atoms with Crippen molar-refractivity contribution in [1.29, 1.82) is 0 Å². The number of ketones is 1. The zero-order valence-corrected chi connectivity index (χ0v) is 16.9. The number of para-hydroxylation sites is 1. The average molecular weight is 396 g/mol. The third-order valence-corrected chi connectivity index (χ3v) is 5.96. The number of nitrogens with one attached hydrogen (secondary N) is 2. The zero-order chi connectivity index (χ0) is 20.2. The number of nitrogens with zero attached hydrogens (tertiary/aromatic N) is 3. The summed E-state index contributed by atoms with van der Waals surface area (Å²) >= 11 is 0. The number of hydrogen-bond donors (Lipinski definition) is 2. The molecule has 7 nitrogen and oxygen atoms in total. The minimum Gasteiger partial charge on any atom is -0.338 e. The Morgan fingerprint density at radius 3 is 2.55 bits per heavy atom. The van der Waals surface area contributed by atoms with Crippen LogP contribution in [0.5, 0.6) is 0 Å². The number of aromatic nitrogens is 3. The van der Waals surface area contributed by atoms with Gasteiger partial charge >= 0.3 is 6.03 Å². The molecule has 2 aliphatic carbocycles. The van der Waals surface area contributed by atoms with Gasteiger partial charge in [-0.3, -0.25) is 9.36 Å². The van der Waals surface area contributed by atoms with E-state index >= 15 is 0 Å². The van der Waals surface area contributed by atoms with Gasteiger partial charge in [0.05, 0.1) is 0 Å². The van der Waals surface area contributed by atoms with Gasteiger partial charge in [0, 0.05) is 30.6 Å². The molecule has 2 atom stereocenters. The van der Waals surface area contributed by atoms with Gasteiger partial charge in [0.25, 0.3) is 0 Å². The summed E-state index contributed by atoms with van der Waals surface area (Å²) in [6.07, 6.45) is 6.94. The lowest BCUT2D eigenvalue weighted by atomic mass is 9.86. The van der Waals surface area contributed by atoms with E-state index in [1.54, 1.807) is 0 Å². The van der Waals surface area contributed by atoms with Gasteiger partial charge in [-0.2, -0.15) is 0 Å². The molecule has 1 aromatic heterocycles. The Morgan fingerprint density at radius 2 is 1.83 bits per heavy atom. The number of hydrogen-bond acceptors (Lipinski definition) is 4. The van der Waals surface area contributed by atoms with Crippen molar-refractivity contribution in [2.45, 2.75) is 63.8 Å². The Labute approximate surface area is 171 Å². The van der Waals surface area contributed by atoms with E-state index < -0.39 is 0 Å². The van der Waals surface area contributed by atoms with E-state index in [0.717, 1.165) is 43.6 Å². The molecule has 2 amide bonds. The Morgan fingerprint density at radius 1 is 1.07 bits per heavy atom. The third-order valence-electron chi connectivity index (χ3n) is 5.96. The topological polar surface area (TPSA) is 88.9 Å². The molecular weight excluding hydrogens is 366 g/mol. The number of carbonyl (C=O) groups is 2. The van der Waals surface area contributed by atoms with E-state index in [2.05, 4.69) is 27.8 Å². The molecule has 2 saturated carbocycles. The van der Waals surface area contributed by atoms with E-state index in [0.29, 0.717) is 17.7 Å². The van der Waals surface area contributed by atoms with Crippen LogP contribution in [0.3, 0.4) is 0 Å². The Bertz CT molecular complexity index is 859. The molecule has 0 radical (unpaired) electrons. The Balaban J connectivity index is 1.36. The second-order valence-corrected chi connectivity index (χ2v) is 8.27. The number of urea groups is 1. The van der Waals surface area contributed by atoms with Crippen LogP contribution in [0, 0.1) is 5.92 Å². The van der Waals surface area contributed by atoms with Crippen molar-refractivity contribution in [1.82, 2.24) is 25.4 Å². The standard InChI is InChI=1S/C22H29N5O2/c1-15-7-5-6-10-18(15)24-22(29)23-14-13-19(28)21-26-25-20(16-11-12-16)27(21)17-8-3-2-4-9-17/h2-4,8-9,15-16,18H,5-7,10-14H2,1H3,(H2,23,24,29). The molecule has 2 unspecified atom stereocenters. The van der Waals surface area contributed by atoms with Crippen LogP contribution < -0.4 is 10.6 Å². The van der Waals surface area contributed by atoms with Gasteiger partial charge < -0.3 is 10.6 Å². The molecular formula is C22H29N5O2. The molecule has 7 heteroatoms. The molecule has 2 aromatic rings. The minimum atomic E-state index is -0.195. The molecule has 0 saturated heterocycles. The molecule has 0 bridgehead atoms. The Kier molecular flexibility index (Phi) is 5.92. The van der Waals surface area contributed by atoms with E-state index in [1.165, 1.54) is 6.42 Å². The Hall–Kier alpha value is -2.70. The lowest BCUT2D eigenvalue weighted by molar-refractivity contribution is 0.0971. The quantitative estimate of drug-likeness (QED) is 0.701. The summed E-state index contributed by atoms with van der Waals surface area (Å²) in [5, 5.41) is 14.4. The highest BCUT2D eigenvalue weighted by Gasteiger charge is 2.32. The van der Waals surface area contributed by atoms with Gasteiger partial charge in [0.2, 0.25) is 11.6 Å². The van der Waals surface area contributed by atoms with E-state index in [-0.39, 0.29) is 30.8 Å². The largest absolute Gasteiger partial charge is 0.338 e. The highest BCUT2D eigenvalue weighted by Crippen LogP contribution is 2.40. The van der Waals surface area contributed by atoms with E-state index in [9.17, 15) is 9.59 Å². The summed E-state index contributed by atoms with van der Waals surface area (Å²) < 4.78 is 1.88. The molecule has 0 aliphatic heterocycles. The number of rotatable bonds is 7. The van der Waals surface area contributed by atoms with Crippen LogP contribution in [-0.2, 0) is 0 Å². The molecule has 154 valence electrons. The fourth-order valence-electron chi connectivity index (χ4n) is 4.07.